The predicted octanol–water partition coefficient (Wildman–Crippen LogP) is 2.31. The summed E-state index contributed by atoms with van der Waals surface area (Å²) in [7, 11) is 3.13. The van der Waals surface area contributed by atoms with Gasteiger partial charge in [0.05, 0.1) is 27.0 Å². The molecule has 2 amide bonds. The first-order valence-electron chi connectivity index (χ1n) is 10.0. The fraction of sp³-hybridized carbons (Fsp3) is 0.261. The Kier molecular flexibility index (Phi) is 4.62. The van der Waals surface area contributed by atoms with E-state index in [0.29, 0.717) is 24.5 Å². The average molecular weight is 418 g/mol. The number of ether oxygens (including phenoxy) is 2. The molecule has 5 rings (SSSR count). The second-order valence-corrected chi connectivity index (χ2v) is 7.62. The lowest BCUT2D eigenvalue weighted by Crippen LogP contribution is -2.60. The van der Waals surface area contributed by atoms with Crippen molar-refractivity contribution in [2.75, 3.05) is 20.8 Å². The first kappa shape index (κ1) is 19.2. The second kappa shape index (κ2) is 7.46. The number of hydrazone groups is 1. The van der Waals surface area contributed by atoms with Crippen LogP contribution in [0.3, 0.4) is 0 Å². The third-order valence-electron chi connectivity index (χ3n) is 5.90. The van der Waals surface area contributed by atoms with E-state index in [-0.39, 0.29) is 18.4 Å². The van der Waals surface area contributed by atoms with Crippen LogP contribution in [0.4, 0.5) is 0 Å². The number of benzene rings is 2. The van der Waals surface area contributed by atoms with E-state index in [4.69, 9.17) is 9.47 Å². The second-order valence-electron chi connectivity index (χ2n) is 7.62. The summed E-state index contributed by atoms with van der Waals surface area (Å²) in [6, 6.07) is 12.8. The van der Waals surface area contributed by atoms with E-state index in [0.717, 1.165) is 27.7 Å². The molecule has 0 spiro atoms. The third kappa shape index (κ3) is 3.20. The lowest BCUT2D eigenvalue weighted by Gasteiger charge is -2.40. The van der Waals surface area contributed by atoms with Crippen molar-refractivity contribution in [3.63, 3.8) is 0 Å². The van der Waals surface area contributed by atoms with Crippen molar-refractivity contribution in [1.82, 2.24) is 14.9 Å². The minimum absolute atomic E-state index is 0.0747. The molecule has 1 aromatic heterocycles. The maximum absolute atomic E-state index is 13.2. The molecular formula is C23H22N4O4. The molecule has 0 bridgehead atoms. The van der Waals surface area contributed by atoms with Crippen LogP contribution in [0.5, 0.6) is 11.5 Å². The summed E-state index contributed by atoms with van der Waals surface area (Å²) in [6.07, 6.45) is 2.04. The van der Waals surface area contributed by atoms with Crippen molar-refractivity contribution in [2.45, 2.75) is 19.0 Å². The highest BCUT2D eigenvalue weighted by Gasteiger charge is 2.43. The minimum Gasteiger partial charge on any atom is -0.493 e. The molecule has 2 aliphatic heterocycles. The van der Waals surface area contributed by atoms with Crippen molar-refractivity contribution in [3.8, 4) is 11.5 Å². The van der Waals surface area contributed by atoms with Crippen LogP contribution in [0.25, 0.3) is 10.9 Å². The Morgan fingerprint density at radius 1 is 1.06 bits per heavy atom. The Morgan fingerprint density at radius 2 is 1.87 bits per heavy atom. The summed E-state index contributed by atoms with van der Waals surface area (Å²) in [5.74, 6) is 0.889. The molecule has 1 atom stereocenters. The van der Waals surface area contributed by atoms with E-state index in [9.17, 15) is 9.59 Å². The van der Waals surface area contributed by atoms with Gasteiger partial charge < -0.3 is 19.4 Å². The smallest absolute Gasteiger partial charge is 0.266 e. The number of para-hydroxylation sites is 1. The van der Waals surface area contributed by atoms with Gasteiger partial charge in [-0.25, -0.2) is 5.01 Å². The molecule has 1 fully saturated rings. The number of H-pyrrole nitrogens is 1. The van der Waals surface area contributed by atoms with E-state index < -0.39 is 6.04 Å². The Morgan fingerprint density at radius 3 is 2.68 bits per heavy atom. The minimum atomic E-state index is -0.546. The van der Waals surface area contributed by atoms with Gasteiger partial charge in [0, 0.05) is 23.0 Å². The van der Waals surface area contributed by atoms with E-state index in [1.54, 1.807) is 37.5 Å². The molecule has 1 N–H and O–H groups in total. The third-order valence-corrected chi connectivity index (χ3v) is 5.90. The molecule has 2 aliphatic rings. The summed E-state index contributed by atoms with van der Waals surface area (Å²) >= 11 is 0. The van der Waals surface area contributed by atoms with Crippen molar-refractivity contribution in [1.29, 1.82) is 0 Å². The van der Waals surface area contributed by atoms with Crippen LogP contribution < -0.4 is 9.47 Å². The number of carbonyl (C=O) groups excluding carboxylic acids is 2. The summed E-state index contributed by atoms with van der Waals surface area (Å²) in [5, 5.41) is 6.68. The number of aromatic amines is 1. The van der Waals surface area contributed by atoms with Crippen LogP contribution in [0, 0.1) is 0 Å². The zero-order valence-electron chi connectivity index (χ0n) is 17.3. The van der Waals surface area contributed by atoms with Crippen molar-refractivity contribution in [2.24, 2.45) is 5.10 Å². The van der Waals surface area contributed by atoms with Gasteiger partial charge >= 0.3 is 0 Å². The van der Waals surface area contributed by atoms with Crippen molar-refractivity contribution < 1.29 is 19.1 Å². The number of nitrogens with zero attached hydrogens (tertiary/aromatic N) is 3. The number of methoxy groups -OCH3 is 2. The van der Waals surface area contributed by atoms with Crippen LogP contribution in [0.2, 0.25) is 0 Å². The summed E-state index contributed by atoms with van der Waals surface area (Å²) in [5.41, 5.74) is 3.86. The molecule has 3 heterocycles. The quantitative estimate of drug-likeness (QED) is 0.659. The number of hydrogen-bond acceptors (Lipinski definition) is 5. The summed E-state index contributed by atoms with van der Waals surface area (Å²) in [4.78, 5) is 31.0. The molecule has 31 heavy (non-hydrogen) atoms. The van der Waals surface area contributed by atoms with E-state index in [2.05, 4.69) is 10.1 Å². The van der Waals surface area contributed by atoms with Gasteiger partial charge in [0.1, 0.15) is 12.6 Å². The zero-order valence-corrected chi connectivity index (χ0v) is 17.3. The normalized spacial score (nSPS) is 18.5. The molecule has 3 aromatic rings. The van der Waals surface area contributed by atoms with Gasteiger partial charge in [-0.1, -0.05) is 18.2 Å². The Bertz CT molecular complexity index is 1220. The largest absolute Gasteiger partial charge is 0.493 e. The molecule has 158 valence electrons. The van der Waals surface area contributed by atoms with Gasteiger partial charge in [0.25, 0.3) is 5.91 Å². The molecule has 0 radical (unpaired) electrons. The number of fused-ring (bicyclic) bond motifs is 4. The Labute approximate surface area is 179 Å². The highest BCUT2D eigenvalue weighted by atomic mass is 16.5. The highest BCUT2D eigenvalue weighted by Crippen LogP contribution is 2.32. The fourth-order valence-corrected chi connectivity index (χ4v) is 4.33. The molecule has 8 nitrogen and oxygen atoms in total. The van der Waals surface area contributed by atoms with Crippen molar-refractivity contribution >= 4 is 28.9 Å². The maximum Gasteiger partial charge on any atom is 0.266 e. The molecule has 1 saturated heterocycles. The SMILES string of the molecule is COc1ccc(/C=N/N2CC(=O)N3Cc4[nH]c5ccccc5c4C[C@@H]3C2=O)cc1OC. The number of rotatable bonds is 4. The first-order chi connectivity index (χ1) is 15.1. The summed E-state index contributed by atoms with van der Waals surface area (Å²) < 4.78 is 10.5. The molecular weight excluding hydrogens is 396 g/mol. The number of piperazine rings is 1. The molecule has 0 unspecified atom stereocenters. The standard InChI is InChI=1S/C23H22N4O4/c1-30-20-8-7-14(9-21(20)31-2)11-24-27-13-22(28)26-12-18-16(10-19(26)23(27)29)15-5-3-4-6-17(15)25-18/h3-9,11,19,25H,10,12-13H2,1-2H3/b24-11+/t19-/m1/s1. The molecule has 0 saturated carbocycles. The molecule has 2 aromatic carbocycles. The highest BCUT2D eigenvalue weighted by molar-refractivity contribution is 5.97. The Hall–Kier alpha value is -3.81. The number of hydrogen-bond donors (Lipinski definition) is 1. The first-order valence-corrected chi connectivity index (χ1v) is 10.0. The zero-order chi connectivity index (χ0) is 21.5. The van der Waals surface area contributed by atoms with Gasteiger partial charge in [-0.2, -0.15) is 5.10 Å². The Balaban J connectivity index is 1.41. The van der Waals surface area contributed by atoms with Gasteiger partial charge in [-0.15, -0.1) is 0 Å². The monoisotopic (exact) mass is 418 g/mol. The van der Waals surface area contributed by atoms with Crippen LogP contribution >= 0.6 is 0 Å². The van der Waals surface area contributed by atoms with Crippen molar-refractivity contribution in [3.05, 3.63) is 59.3 Å². The molecule has 0 aliphatic carbocycles. The number of aromatic nitrogens is 1. The lowest BCUT2D eigenvalue weighted by molar-refractivity contribution is -0.157. The summed E-state index contributed by atoms with van der Waals surface area (Å²) in [6.45, 7) is 0.334. The average Bonchev–Trinajstić information content (AvgIpc) is 3.17. The van der Waals surface area contributed by atoms with Gasteiger partial charge in [0.15, 0.2) is 11.5 Å². The van der Waals surface area contributed by atoms with Crippen LogP contribution in [-0.4, -0.2) is 59.7 Å². The lowest BCUT2D eigenvalue weighted by atomic mass is 9.94. The van der Waals surface area contributed by atoms with Crippen LogP contribution in [-0.2, 0) is 22.6 Å². The number of carbonyl (C=O) groups is 2. The van der Waals surface area contributed by atoms with E-state index >= 15 is 0 Å². The topological polar surface area (TPSA) is 87.2 Å². The molecule has 8 heteroatoms. The maximum atomic E-state index is 13.2. The number of nitrogens with one attached hydrogen (secondary N) is 1. The predicted molar refractivity (Wildman–Crippen MR) is 115 cm³/mol. The van der Waals surface area contributed by atoms with Crippen LogP contribution in [0.1, 0.15) is 16.8 Å². The van der Waals surface area contributed by atoms with E-state index in [1.807, 2.05) is 30.3 Å². The van der Waals surface area contributed by atoms with Gasteiger partial charge in [-0.3, -0.25) is 9.59 Å². The van der Waals surface area contributed by atoms with Gasteiger partial charge in [0.2, 0.25) is 5.91 Å². The fourth-order valence-electron chi connectivity index (χ4n) is 4.33. The number of amides is 2. The van der Waals surface area contributed by atoms with E-state index in [1.165, 1.54) is 5.01 Å². The van der Waals surface area contributed by atoms with Crippen LogP contribution in [0.15, 0.2) is 47.6 Å². The van der Waals surface area contributed by atoms with Gasteiger partial charge in [-0.05, 0) is 35.4 Å².